The van der Waals surface area contributed by atoms with Gasteiger partial charge < -0.3 is 10.1 Å². The second kappa shape index (κ2) is 6.11. The molecule has 0 aliphatic carbocycles. The van der Waals surface area contributed by atoms with Gasteiger partial charge in [0, 0.05) is 24.6 Å². The van der Waals surface area contributed by atoms with Gasteiger partial charge in [-0.1, -0.05) is 0 Å². The number of piperidine rings is 1. The molecule has 0 bridgehead atoms. The Kier molecular flexibility index (Phi) is 4.26. The lowest BCUT2D eigenvalue weighted by Crippen LogP contribution is -2.33. The fourth-order valence-corrected chi connectivity index (χ4v) is 2.01. The molecule has 1 aliphatic rings. The van der Waals surface area contributed by atoms with Gasteiger partial charge in [0.1, 0.15) is 6.07 Å². The zero-order valence-electron chi connectivity index (χ0n) is 10.3. The first-order valence-corrected chi connectivity index (χ1v) is 6.09. The van der Waals surface area contributed by atoms with Crippen LogP contribution in [-0.2, 0) is 0 Å². The molecule has 0 radical (unpaired) electrons. The number of nitrogens with one attached hydrogen (secondary N) is 1. The third-order valence-electron chi connectivity index (χ3n) is 3.02. The maximum absolute atomic E-state index is 10.7. The van der Waals surface area contributed by atoms with Crippen LogP contribution in [0.25, 0.3) is 0 Å². The quantitative estimate of drug-likeness (QED) is 0.647. The van der Waals surface area contributed by atoms with Crippen LogP contribution in [0, 0.1) is 27.4 Å². The van der Waals surface area contributed by atoms with Gasteiger partial charge >= 0.3 is 5.69 Å². The van der Waals surface area contributed by atoms with E-state index >= 15 is 0 Å². The van der Waals surface area contributed by atoms with Gasteiger partial charge in [-0.2, -0.15) is 10.2 Å². The molecule has 100 valence electrons. The van der Waals surface area contributed by atoms with E-state index in [2.05, 4.69) is 10.3 Å². The highest BCUT2D eigenvalue weighted by molar-refractivity contribution is 5.45. The average Bonchev–Trinajstić information content (AvgIpc) is 2.45. The summed E-state index contributed by atoms with van der Waals surface area (Å²) in [5.41, 5.74) is -0.515. The molecule has 0 amide bonds. The predicted octanol–water partition coefficient (Wildman–Crippen LogP) is 1.24. The largest absolute Gasteiger partial charge is 0.477 e. The first-order valence-electron chi connectivity index (χ1n) is 6.09. The van der Waals surface area contributed by atoms with E-state index in [1.807, 2.05) is 0 Å². The van der Waals surface area contributed by atoms with Gasteiger partial charge in [0.25, 0.3) is 0 Å². The SMILES string of the molecule is N#Cc1nc(OCC2CCCNC2)ccc1[N+](=O)[O-]. The molecule has 1 aromatic heterocycles. The predicted molar refractivity (Wildman–Crippen MR) is 66.7 cm³/mol. The maximum atomic E-state index is 10.7. The number of ether oxygens (including phenoxy) is 1. The van der Waals surface area contributed by atoms with Crippen molar-refractivity contribution in [1.82, 2.24) is 10.3 Å². The Bertz CT molecular complexity index is 506. The third-order valence-corrected chi connectivity index (χ3v) is 3.02. The van der Waals surface area contributed by atoms with Crippen LogP contribution in [0.1, 0.15) is 18.5 Å². The highest BCUT2D eigenvalue weighted by Gasteiger charge is 2.17. The van der Waals surface area contributed by atoms with Crippen LogP contribution in [0.2, 0.25) is 0 Å². The molecule has 0 saturated carbocycles. The van der Waals surface area contributed by atoms with Gasteiger partial charge in [-0.25, -0.2) is 0 Å². The van der Waals surface area contributed by atoms with Gasteiger partial charge in [0.15, 0.2) is 0 Å². The Morgan fingerprint density at radius 2 is 2.47 bits per heavy atom. The Morgan fingerprint density at radius 3 is 3.11 bits per heavy atom. The fourth-order valence-electron chi connectivity index (χ4n) is 2.01. The van der Waals surface area contributed by atoms with Gasteiger partial charge in [0.2, 0.25) is 11.6 Å². The van der Waals surface area contributed by atoms with Crippen molar-refractivity contribution in [3.8, 4) is 11.9 Å². The van der Waals surface area contributed by atoms with Crippen LogP contribution in [0.4, 0.5) is 5.69 Å². The summed E-state index contributed by atoms with van der Waals surface area (Å²) in [6, 6.07) is 4.39. The zero-order chi connectivity index (χ0) is 13.7. The Labute approximate surface area is 110 Å². The normalized spacial score (nSPS) is 18.6. The van der Waals surface area contributed by atoms with Crippen LogP contribution in [-0.4, -0.2) is 29.6 Å². The molecule has 1 N–H and O–H groups in total. The summed E-state index contributed by atoms with van der Waals surface area (Å²) in [6.45, 7) is 2.44. The van der Waals surface area contributed by atoms with Gasteiger partial charge in [-0.3, -0.25) is 10.1 Å². The number of hydrogen-bond acceptors (Lipinski definition) is 6. The van der Waals surface area contributed by atoms with Gasteiger partial charge in [-0.15, -0.1) is 0 Å². The molecule has 0 aromatic carbocycles. The minimum atomic E-state index is -0.625. The van der Waals surface area contributed by atoms with Crippen molar-refractivity contribution in [2.45, 2.75) is 12.8 Å². The number of pyridine rings is 1. The number of nitriles is 1. The highest BCUT2D eigenvalue weighted by Crippen LogP contribution is 2.20. The smallest absolute Gasteiger partial charge is 0.305 e. The number of nitro groups is 1. The lowest BCUT2D eigenvalue weighted by molar-refractivity contribution is -0.385. The van der Waals surface area contributed by atoms with E-state index in [-0.39, 0.29) is 17.3 Å². The van der Waals surface area contributed by atoms with Crippen molar-refractivity contribution in [2.75, 3.05) is 19.7 Å². The Balaban J connectivity index is 2.01. The van der Waals surface area contributed by atoms with Crippen molar-refractivity contribution < 1.29 is 9.66 Å². The van der Waals surface area contributed by atoms with Crippen molar-refractivity contribution in [3.05, 3.63) is 27.9 Å². The van der Waals surface area contributed by atoms with Gasteiger partial charge in [0.05, 0.1) is 11.5 Å². The molecule has 7 heteroatoms. The minimum Gasteiger partial charge on any atom is -0.477 e. The van der Waals surface area contributed by atoms with Crippen molar-refractivity contribution in [3.63, 3.8) is 0 Å². The van der Waals surface area contributed by atoms with Crippen LogP contribution in [0.15, 0.2) is 12.1 Å². The van der Waals surface area contributed by atoms with Crippen molar-refractivity contribution in [2.24, 2.45) is 5.92 Å². The Morgan fingerprint density at radius 1 is 1.63 bits per heavy atom. The molecule has 2 rings (SSSR count). The van der Waals surface area contributed by atoms with E-state index in [0.29, 0.717) is 12.5 Å². The van der Waals surface area contributed by atoms with E-state index in [1.165, 1.54) is 12.1 Å². The van der Waals surface area contributed by atoms with E-state index < -0.39 is 4.92 Å². The number of hydrogen-bond donors (Lipinski definition) is 1. The lowest BCUT2D eigenvalue weighted by atomic mass is 10.0. The van der Waals surface area contributed by atoms with Crippen molar-refractivity contribution >= 4 is 5.69 Å². The van der Waals surface area contributed by atoms with E-state index in [1.54, 1.807) is 6.07 Å². The summed E-state index contributed by atoms with van der Waals surface area (Å²) in [4.78, 5) is 13.9. The summed E-state index contributed by atoms with van der Waals surface area (Å²) >= 11 is 0. The van der Waals surface area contributed by atoms with Crippen LogP contribution in [0.5, 0.6) is 5.88 Å². The van der Waals surface area contributed by atoms with E-state index in [4.69, 9.17) is 10.00 Å². The standard InChI is InChI=1S/C12H14N4O3/c13-6-10-11(16(17)18)3-4-12(15-10)19-8-9-2-1-5-14-7-9/h3-4,9,14H,1-2,5,7-8H2. The maximum Gasteiger partial charge on any atom is 0.305 e. The molecule has 19 heavy (non-hydrogen) atoms. The van der Waals surface area contributed by atoms with E-state index in [0.717, 1.165) is 25.9 Å². The summed E-state index contributed by atoms with van der Waals surface area (Å²) < 4.78 is 5.50. The van der Waals surface area contributed by atoms with Crippen molar-refractivity contribution in [1.29, 1.82) is 5.26 Å². The number of rotatable bonds is 4. The van der Waals surface area contributed by atoms with E-state index in [9.17, 15) is 10.1 Å². The summed E-state index contributed by atoms with van der Waals surface area (Å²) in [7, 11) is 0. The topological polar surface area (TPSA) is 101 Å². The summed E-state index contributed by atoms with van der Waals surface area (Å²) in [5.74, 6) is 0.670. The second-order valence-corrected chi connectivity index (χ2v) is 4.41. The number of nitrogens with zero attached hydrogens (tertiary/aromatic N) is 3. The molecule has 1 saturated heterocycles. The molecular weight excluding hydrogens is 248 g/mol. The summed E-state index contributed by atoms with van der Waals surface area (Å²) in [5, 5.41) is 22.8. The molecule has 1 aromatic rings. The monoisotopic (exact) mass is 262 g/mol. The molecule has 1 fully saturated rings. The Hall–Kier alpha value is -2.20. The second-order valence-electron chi connectivity index (χ2n) is 4.41. The molecule has 0 spiro atoms. The molecule has 7 nitrogen and oxygen atoms in total. The third kappa shape index (κ3) is 3.39. The average molecular weight is 262 g/mol. The highest BCUT2D eigenvalue weighted by atomic mass is 16.6. The molecule has 2 heterocycles. The fraction of sp³-hybridized carbons (Fsp3) is 0.500. The van der Waals surface area contributed by atoms with Gasteiger partial charge in [-0.05, 0) is 19.4 Å². The van der Waals surface area contributed by atoms with Crippen LogP contribution < -0.4 is 10.1 Å². The molecule has 1 atom stereocenters. The lowest BCUT2D eigenvalue weighted by Gasteiger charge is -2.22. The summed E-state index contributed by atoms with van der Waals surface area (Å²) in [6.07, 6.45) is 2.20. The van der Waals surface area contributed by atoms with Crippen LogP contribution >= 0.6 is 0 Å². The molecular formula is C12H14N4O3. The molecule has 1 aliphatic heterocycles. The zero-order valence-corrected chi connectivity index (χ0v) is 10.3. The minimum absolute atomic E-state index is 0.218. The van der Waals surface area contributed by atoms with Crippen LogP contribution in [0.3, 0.4) is 0 Å². The first-order chi connectivity index (χ1) is 9.20. The molecule has 1 unspecified atom stereocenters. The number of aromatic nitrogens is 1. The first kappa shape index (κ1) is 13.2.